The second kappa shape index (κ2) is 7.47. The van der Waals surface area contributed by atoms with Gasteiger partial charge in [0.15, 0.2) is 5.78 Å². The summed E-state index contributed by atoms with van der Waals surface area (Å²) in [5.74, 6) is 0.926. The van der Waals surface area contributed by atoms with Gasteiger partial charge in [-0.3, -0.25) is 4.79 Å². The van der Waals surface area contributed by atoms with Gasteiger partial charge in [0.1, 0.15) is 0 Å². The summed E-state index contributed by atoms with van der Waals surface area (Å²) in [6.45, 7) is 17.5. The maximum absolute atomic E-state index is 12.9. The summed E-state index contributed by atoms with van der Waals surface area (Å²) >= 11 is 0. The van der Waals surface area contributed by atoms with Crippen molar-refractivity contribution in [3.63, 3.8) is 0 Å². The van der Waals surface area contributed by atoms with E-state index in [2.05, 4.69) is 76.8 Å². The fraction of sp³-hybridized carbons (Fsp3) is 0.667. The van der Waals surface area contributed by atoms with Crippen molar-refractivity contribution >= 4 is 15.0 Å². The van der Waals surface area contributed by atoms with E-state index >= 15 is 0 Å². The summed E-state index contributed by atoms with van der Waals surface area (Å²) in [5, 5.41) is 0. The molecule has 1 aromatic carbocycles. The quantitative estimate of drug-likeness (QED) is 0.454. The highest BCUT2D eigenvalue weighted by molar-refractivity contribution is 7.16. The first-order chi connectivity index (χ1) is 10.4. The lowest BCUT2D eigenvalue weighted by Crippen LogP contribution is -2.22. The van der Waals surface area contributed by atoms with E-state index in [-0.39, 0.29) is 10.8 Å². The number of hydrogen-bond donors (Lipinski definition) is 0. The number of hydrogen-bond acceptors (Lipinski definition) is 1. The maximum Gasteiger partial charge on any atom is 0.163 e. The first kappa shape index (κ1) is 20.4. The molecule has 0 saturated carbocycles. The lowest BCUT2D eigenvalue weighted by molar-refractivity contribution is 0.0916. The Morgan fingerprint density at radius 2 is 1.57 bits per heavy atom. The molecule has 130 valence electrons. The molecule has 0 bridgehead atoms. The Labute approximate surface area is 145 Å². The lowest BCUT2D eigenvalue weighted by atomic mass is 9.77. The highest BCUT2D eigenvalue weighted by Crippen LogP contribution is 2.33. The van der Waals surface area contributed by atoms with E-state index in [4.69, 9.17) is 0 Å². The monoisotopic (exact) mass is 334 g/mol. The lowest BCUT2D eigenvalue weighted by Gasteiger charge is -2.28. The van der Waals surface area contributed by atoms with Crippen molar-refractivity contribution in [2.45, 2.75) is 73.6 Å². The second-order valence-corrected chi connectivity index (χ2v) is 9.52. The topological polar surface area (TPSA) is 17.1 Å². The molecule has 2 atom stereocenters. The van der Waals surface area contributed by atoms with E-state index in [0.29, 0.717) is 18.1 Å². The molecule has 1 rings (SSSR count). The van der Waals surface area contributed by atoms with Gasteiger partial charge in [-0.1, -0.05) is 53.7 Å². The number of ketones is 1. The minimum atomic E-state index is 0.0502. The van der Waals surface area contributed by atoms with Crippen molar-refractivity contribution in [3.8, 4) is 0 Å². The summed E-state index contributed by atoms with van der Waals surface area (Å²) in [6, 6.07) is 4.39. The maximum atomic E-state index is 12.9. The van der Waals surface area contributed by atoms with Crippen LogP contribution in [-0.2, 0) is 5.41 Å². The average molecular weight is 334 g/mol. The van der Waals surface area contributed by atoms with E-state index < -0.39 is 0 Å². The van der Waals surface area contributed by atoms with Crippen LogP contribution in [0.15, 0.2) is 12.1 Å². The zero-order chi connectivity index (χ0) is 18.0. The van der Waals surface area contributed by atoms with Crippen molar-refractivity contribution in [2.24, 2.45) is 11.3 Å². The van der Waals surface area contributed by atoms with Crippen LogP contribution in [0.25, 0.3) is 0 Å². The molecule has 1 aromatic rings. The van der Waals surface area contributed by atoms with Crippen LogP contribution in [-0.4, -0.2) is 11.9 Å². The third-order valence-electron chi connectivity index (χ3n) is 4.62. The molecule has 0 fully saturated rings. The van der Waals surface area contributed by atoms with Crippen LogP contribution in [0.3, 0.4) is 0 Å². The molecule has 0 aromatic heterocycles. The number of Topliss-reactive ketones (excluding diaryl/α,β-unsaturated/α-hetero) is 1. The van der Waals surface area contributed by atoms with Crippen LogP contribution < -0.4 is 0 Å². The van der Waals surface area contributed by atoms with Crippen molar-refractivity contribution in [2.75, 3.05) is 6.16 Å². The summed E-state index contributed by atoms with van der Waals surface area (Å²) < 4.78 is 0. The van der Waals surface area contributed by atoms with Gasteiger partial charge in [-0.2, -0.15) is 0 Å². The third-order valence-corrected chi connectivity index (χ3v) is 5.42. The van der Waals surface area contributed by atoms with Gasteiger partial charge >= 0.3 is 0 Å². The van der Waals surface area contributed by atoms with E-state index in [1.807, 2.05) is 0 Å². The summed E-state index contributed by atoms with van der Waals surface area (Å²) in [5.41, 5.74) is 4.65. The number of rotatable bonds is 6. The summed E-state index contributed by atoms with van der Waals surface area (Å²) in [6.07, 6.45) is 2.80. The van der Waals surface area contributed by atoms with E-state index in [1.165, 1.54) is 5.56 Å². The standard InChI is InChI=1S/C21H35OP/c1-14(13-23)11-21(7,8)12-18(22)19-15(2)9-17(10-16(19)3)20(4,5)6/h9-10,14H,11-13,23H2,1-8H3. The van der Waals surface area contributed by atoms with Gasteiger partial charge in [0.2, 0.25) is 0 Å². The van der Waals surface area contributed by atoms with Crippen molar-refractivity contribution < 1.29 is 4.79 Å². The first-order valence-electron chi connectivity index (χ1n) is 8.72. The minimum Gasteiger partial charge on any atom is -0.294 e. The Hall–Kier alpha value is -0.680. The normalized spacial score (nSPS) is 14.0. The number of carbonyl (C=O) groups is 1. The van der Waals surface area contributed by atoms with Crippen LogP contribution in [0.5, 0.6) is 0 Å². The van der Waals surface area contributed by atoms with Gasteiger partial charge in [0.05, 0.1) is 0 Å². The molecule has 0 N–H and O–H groups in total. The van der Waals surface area contributed by atoms with Gasteiger partial charge in [-0.05, 0) is 59.9 Å². The largest absolute Gasteiger partial charge is 0.294 e. The van der Waals surface area contributed by atoms with Gasteiger partial charge in [-0.15, -0.1) is 9.24 Å². The Kier molecular flexibility index (Phi) is 6.62. The van der Waals surface area contributed by atoms with Crippen molar-refractivity contribution in [3.05, 3.63) is 34.4 Å². The molecule has 0 amide bonds. The Morgan fingerprint density at radius 3 is 1.96 bits per heavy atom. The van der Waals surface area contributed by atoms with Gasteiger partial charge in [-0.25, -0.2) is 0 Å². The minimum absolute atomic E-state index is 0.0502. The third kappa shape index (κ3) is 5.71. The molecule has 23 heavy (non-hydrogen) atoms. The molecule has 1 nitrogen and oxygen atoms in total. The molecular weight excluding hydrogens is 299 g/mol. The molecule has 0 aliphatic carbocycles. The van der Waals surface area contributed by atoms with Gasteiger partial charge in [0.25, 0.3) is 0 Å². The predicted octanol–water partition coefficient (Wildman–Crippen LogP) is 6.10. The highest BCUT2D eigenvalue weighted by Gasteiger charge is 2.27. The molecule has 2 heteroatoms. The average Bonchev–Trinajstić information content (AvgIpc) is 2.35. The molecular formula is C21H35OP. The number of aryl methyl sites for hydroxylation is 2. The van der Waals surface area contributed by atoms with Gasteiger partial charge < -0.3 is 0 Å². The molecule has 0 spiro atoms. The molecule has 0 aliphatic rings. The van der Waals surface area contributed by atoms with E-state index in [0.717, 1.165) is 29.3 Å². The van der Waals surface area contributed by atoms with Gasteiger partial charge in [0, 0.05) is 12.0 Å². The highest BCUT2D eigenvalue weighted by atomic mass is 31.0. The van der Waals surface area contributed by atoms with Crippen LogP contribution in [0.2, 0.25) is 0 Å². The predicted molar refractivity (Wildman–Crippen MR) is 106 cm³/mol. The molecule has 0 radical (unpaired) electrons. The van der Waals surface area contributed by atoms with Crippen LogP contribution >= 0.6 is 9.24 Å². The fourth-order valence-corrected chi connectivity index (χ4v) is 3.62. The Morgan fingerprint density at radius 1 is 1.09 bits per heavy atom. The van der Waals surface area contributed by atoms with Crippen LogP contribution in [0.4, 0.5) is 0 Å². The van der Waals surface area contributed by atoms with Crippen molar-refractivity contribution in [1.29, 1.82) is 0 Å². The smallest absolute Gasteiger partial charge is 0.163 e. The summed E-state index contributed by atoms with van der Waals surface area (Å²) in [4.78, 5) is 12.9. The second-order valence-electron chi connectivity index (χ2n) is 9.04. The van der Waals surface area contributed by atoms with Crippen LogP contribution in [0, 0.1) is 25.2 Å². The Balaban J connectivity index is 3.05. The van der Waals surface area contributed by atoms with Crippen LogP contribution in [0.1, 0.15) is 81.4 Å². The molecule has 0 aliphatic heterocycles. The number of benzene rings is 1. The zero-order valence-corrected chi connectivity index (χ0v) is 17.5. The SMILES string of the molecule is Cc1cc(C(C)(C)C)cc(C)c1C(=O)CC(C)(C)CC(C)CP. The van der Waals surface area contributed by atoms with Crippen molar-refractivity contribution in [1.82, 2.24) is 0 Å². The zero-order valence-electron chi connectivity index (χ0n) is 16.3. The van der Waals surface area contributed by atoms with E-state index in [1.54, 1.807) is 0 Å². The molecule has 2 unspecified atom stereocenters. The Bertz CT molecular complexity index is 541. The van der Waals surface area contributed by atoms with E-state index in [9.17, 15) is 4.79 Å². The fourth-order valence-electron chi connectivity index (χ4n) is 3.46. The first-order valence-corrected chi connectivity index (χ1v) is 9.54. The molecule has 0 saturated heterocycles. The molecule has 0 heterocycles. The number of carbonyl (C=O) groups excluding carboxylic acids is 1. The summed E-state index contributed by atoms with van der Waals surface area (Å²) in [7, 11) is 2.81.